The summed E-state index contributed by atoms with van der Waals surface area (Å²) in [6.07, 6.45) is 2.38. The molecule has 1 aliphatic heterocycles. The zero-order chi connectivity index (χ0) is 14.2. The molecule has 0 aromatic heterocycles. The number of sulfone groups is 1. The van der Waals surface area contributed by atoms with Crippen molar-refractivity contribution in [1.82, 2.24) is 10.6 Å². The zero-order valence-electron chi connectivity index (χ0n) is 11.1. The number of carbonyl (C=O) groups is 1. The molecule has 1 aromatic carbocycles. The van der Waals surface area contributed by atoms with Crippen molar-refractivity contribution in [2.24, 2.45) is 0 Å². The maximum atomic E-state index is 12.0. The summed E-state index contributed by atoms with van der Waals surface area (Å²) < 4.78 is 22.7. The molecule has 0 spiro atoms. The number of aryl methyl sites for hydroxylation is 1. The Kier molecular flexibility index (Phi) is 3.41. The van der Waals surface area contributed by atoms with Crippen LogP contribution in [-0.4, -0.2) is 32.0 Å². The predicted molar refractivity (Wildman–Crippen MR) is 76.2 cm³/mol. The topological polar surface area (TPSA) is 75.3 Å². The third kappa shape index (κ3) is 2.80. The number of benzene rings is 1. The summed E-state index contributed by atoms with van der Waals surface area (Å²) in [5.74, 6) is 0.228. The molecule has 6 heteroatoms. The van der Waals surface area contributed by atoms with Crippen molar-refractivity contribution < 1.29 is 13.2 Å². The van der Waals surface area contributed by atoms with E-state index in [1.54, 1.807) is 0 Å². The van der Waals surface area contributed by atoms with Gasteiger partial charge in [-0.1, -0.05) is 24.3 Å². The van der Waals surface area contributed by atoms with Crippen LogP contribution in [0.3, 0.4) is 0 Å². The van der Waals surface area contributed by atoms with E-state index in [2.05, 4.69) is 16.7 Å². The Balaban J connectivity index is 1.58. The highest BCUT2D eigenvalue weighted by molar-refractivity contribution is 7.91. The molecule has 0 saturated carbocycles. The van der Waals surface area contributed by atoms with E-state index in [4.69, 9.17) is 0 Å². The second-order valence-corrected chi connectivity index (χ2v) is 7.74. The van der Waals surface area contributed by atoms with Crippen molar-refractivity contribution in [1.29, 1.82) is 0 Å². The summed E-state index contributed by atoms with van der Waals surface area (Å²) in [5, 5.41) is 5.71. The first-order chi connectivity index (χ1) is 9.53. The van der Waals surface area contributed by atoms with Gasteiger partial charge in [-0.3, -0.25) is 0 Å². The Morgan fingerprint density at radius 3 is 2.70 bits per heavy atom. The largest absolute Gasteiger partial charge is 0.334 e. The van der Waals surface area contributed by atoms with Gasteiger partial charge >= 0.3 is 6.03 Å². The first-order valence-corrected chi connectivity index (χ1v) is 8.71. The highest BCUT2D eigenvalue weighted by Crippen LogP contribution is 2.30. The summed E-state index contributed by atoms with van der Waals surface area (Å²) >= 11 is 0. The lowest BCUT2D eigenvalue weighted by Gasteiger charge is -2.17. The quantitative estimate of drug-likeness (QED) is 0.859. The van der Waals surface area contributed by atoms with Crippen molar-refractivity contribution in [3.8, 4) is 0 Å². The van der Waals surface area contributed by atoms with Crippen molar-refractivity contribution in [3.05, 3.63) is 35.4 Å². The molecule has 2 amide bonds. The number of carbonyl (C=O) groups excluding carboxylic acids is 1. The van der Waals surface area contributed by atoms with E-state index in [0.29, 0.717) is 6.42 Å². The zero-order valence-corrected chi connectivity index (χ0v) is 11.9. The standard InChI is InChI=1S/C14H18N2O3S/c17-14(15-11-7-8-20(18,19)9-11)16-13-6-5-10-3-1-2-4-12(10)13/h1-4,11,13H,5-9H2,(H2,15,16,17)/t11-,13+/m1/s1. The Labute approximate surface area is 118 Å². The van der Waals surface area contributed by atoms with Gasteiger partial charge in [-0.25, -0.2) is 13.2 Å². The lowest BCUT2D eigenvalue weighted by Crippen LogP contribution is -2.43. The number of nitrogens with one attached hydrogen (secondary N) is 2. The molecule has 0 unspecified atom stereocenters. The second-order valence-electron chi connectivity index (χ2n) is 5.51. The van der Waals surface area contributed by atoms with Crippen molar-refractivity contribution >= 4 is 15.9 Å². The minimum Gasteiger partial charge on any atom is -0.334 e. The number of rotatable bonds is 2. The molecule has 0 radical (unpaired) electrons. The number of urea groups is 1. The van der Waals surface area contributed by atoms with Crippen LogP contribution >= 0.6 is 0 Å². The third-order valence-corrected chi connectivity index (χ3v) is 5.77. The molecule has 1 aliphatic carbocycles. The molecule has 0 bridgehead atoms. The molecule has 1 saturated heterocycles. The van der Waals surface area contributed by atoms with E-state index in [9.17, 15) is 13.2 Å². The summed E-state index contributed by atoms with van der Waals surface area (Å²) in [5.41, 5.74) is 2.45. The maximum absolute atomic E-state index is 12.0. The first kappa shape index (κ1) is 13.4. The van der Waals surface area contributed by atoms with Gasteiger partial charge in [0.1, 0.15) is 0 Å². The summed E-state index contributed by atoms with van der Waals surface area (Å²) in [7, 11) is -2.96. The minimum atomic E-state index is -2.96. The summed E-state index contributed by atoms with van der Waals surface area (Å²) in [4.78, 5) is 12.0. The number of amides is 2. The van der Waals surface area contributed by atoms with Crippen LogP contribution < -0.4 is 10.6 Å². The van der Waals surface area contributed by atoms with Crippen LogP contribution in [0, 0.1) is 0 Å². The number of fused-ring (bicyclic) bond motifs is 1. The van der Waals surface area contributed by atoms with E-state index in [1.165, 1.54) is 11.1 Å². The number of hydrogen-bond acceptors (Lipinski definition) is 3. The average molecular weight is 294 g/mol. The van der Waals surface area contributed by atoms with E-state index >= 15 is 0 Å². The lowest BCUT2D eigenvalue weighted by molar-refractivity contribution is 0.234. The Morgan fingerprint density at radius 2 is 1.95 bits per heavy atom. The molecule has 2 aliphatic rings. The Bertz CT molecular complexity index is 627. The molecule has 2 N–H and O–H groups in total. The molecule has 108 valence electrons. The lowest BCUT2D eigenvalue weighted by atomic mass is 10.1. The van der Waals surface area contributed by atoms with Crippen LogP contribution in [0.4, 0.5) is 4.79 Å². The average Bonchev–Trinajstić information content (AvgIpc) is 2.94. The smallest absolute Gasteiger partial charge is 0.315 e. The molecule has 1 aromatic rings. The monoisotopic (exact) mass is 294 g/mol. The van der Waals surface area contributed by atoms with Gasteiger partial charge in [0.25, 0.3) is 0 Å². The van der Waals surface area contributed by atoms with Crippen LogP contribution in [0.5, 0.6) is 0 Å². The molecule has 1 fully saturated rings. The van der Waals surface area contributed by atoms with E-state index < -0.39 is 9.84 Å². The minimum absolute atomic E-state index is 0.0317. The summed E-state index contributed by atoms with van der Waals surface area (Å²) in [6, 6.07) is 7.60. The maximum Gasteiger partial charge on any atom is 0.315 e. The van der Waals surface area contributed by atoms with Crippen molar-refractivity contribution in [2.75, 3.05) is 11.5 Å². The molecule has 2 atom stereocenters. The van der Waals surface area contributed by atoms with E-state index in [0.717, 1.165) is 12.8 Å². The number of hydrogen-bond donors (Lipinski definition) is 2. The van der Waals surface area contributed by atoms with Crippen molar-refractivity contribution in [2.45, 2.75) is 31.3 Å². The fourth-order valence-corrected chi connectivity index (χ4v) is 4.67. The Morgan fingerprint density at radius 1 is 1.15 bits per heavy atom. The molecule has 5 nitrogen and oxygen atoms in total. The highest BCUT2D eigenvalue weighted by atomic mass is 32.2. The van der Waals surface area contributed by atoms with Gasteiger partial charge in [-0.05, 0) is 30.4 Å². The Hall–Kier alpha value is -1.56. The van der Waals surface area contributed by atoms with Crippen LogP contribution in [0.15, 0.2) is 24.3 Å². The fourth-order valence-electron chi connectivity index (χ4n) is 3.00. The molecule has 3 rings (SSSR count). The molecular weight excluding hydrogens is 276 g/mol. The third-order valence-electron chi connectivity index (χ3n) is 4.01. The van der Waals surface area contributed by atoms with Gasteiger partial charge < -0.3 is 10.6 Å². The van der Waals surface area contributed by atoms with Crippen LogP contribution in [-0.2, 0) is 16.3 Å². The summed E-state index contributed by atoms with van der Waals surface area (Å²) in [6.45, 7) is 0. The fraction of sp³-hybridized carbons (Fsp3) is 0.500. The predicted octanol–water partition coefficient (Wildman–Crippen LogP) is 1.16. The molecule has 1 heterocycles. The van der Waals surface area contributed by atoms with E-state index in [1.807, 2.05) is 18.2 Å². The first-order valence-electron chi connectivity index (χ1n) is 6.89. The van der Waals surface area contributed by atoms with Gasteiger partial charge in [0, 0.05) is 6.04 Å². The van der Waals surface area contributed by atoms with Crippen LogP contribution in [0.25, 0.3) is 0 Å². The van der Waals surface area contributed by atoms with Gasteiger partial charge in [0.2, 0.25) is 0 Å². The van der Waals surface area contributed by atoms with Gasteiger partial charge in [0.05, 0.1) is 17.5 Å². The van der Waals surface area contributed by atoms with E-state index in [-0.39, 0.29) is 29.6 Å². The van der Waals surface area contributed by atoms with Crippen LogP contribution in [0.1, 0.15) is 30.0 Å². The molecule has 20 heavy (non-hydrogen) atoms. The van der Waals surface area contributed by atoms with Gasteiger partial charge in [-0.15, -0.1) is 0 Å². The normalized spacial score (nSPS) is 27.0. The highest BCUT2D eigenvalue weighted by Gasteiger charge is 2.30. The SMILES string of the molecule is O=C(N[C@@H]1CCS(=O)(=O)C1)N[C@H]1CCc2ccccc21. The second kappa shape index (κ2) is 5.09. The van der Waals surface area contributed by atoms with Gasteiger partial charge in [-0.2, -0.15) is 0 Å². The van der Waals surface area contributed by atoms with Gasteiger partial charge in [0.15, 0.2) is 9.84 Å². The van der Waals surface area contributed by atoms with Crippen LogP contribution in [0.2, 0.25) is 0 Å². The van der Waals surface area contributed by atoms with Crippen molar-refractivity contribution in [3.63, 3.8) is 0 Å². The molecular formula is C14H18N2O3S.